The summed E-state index contributed by atoms with van der Waals surface area (Å²) < 4.78 is 31.9. The number of ether oxygens (including phenoxy) is 1. The summed E-state index contributed by atoms with van der Waals surface area (Å²) in [5, 5.41) is 11.3. The quantitative estimate of drug-likeness (QED) is 0.286. The van der Waals surface area contributed by atoms with E-state index in [2.05, 4.69) is 39.6 Å². The number of anilines is 5. The van der Waals surface area contributed by atoms with Crippen LogP contribution in [0.2, 0.25) is 0 Å². The van der Waals surface area contributed by atoms with Gasteiger partial charge in [0, 0.05) is 44.7 Å². The monoisotopic (exact) mass is 575 g/mol. The molecule has 0 bridgehead atoms. The second-order valence-corrected chi connectivity index (χ2v) is 12.9. The number of hydrazine groups is 1. The summed E-state index contributed by atoms with van der Waals surface area (Å²) in [7, 11) is 2.33. The molecule has 1 aliphatic heterocycles. The van der Waals surface area contributed by atoms with Gasteiger partial charge in [-0.25, -0.2) is 18.4 Å². The molecule has 41 heavy (non-hydrogen) atoms. The van der Waals surface area contributed by atoms with Gasteiger partial charge in [-0.1, -0.05) is 24.3 Å². The van der Waals surface area contributed by atoms with Crippen molar-refractivity contribution < 1.29 is 13.2 Å². The highest BCUT2D eigenvalue weighted by molar-refractivity contribution is 7.92. The van der Waals surface area contributed by atoms with E-state index in [0.717, 1.165) is 37.3 Å². The van der Waals surface area contributed by atoms with Crippen LogP contribution in [0.25, 0.3) is 10.9 Å². The Hall–Kier alpha value is -3.93. The lowest BCUT2D eigenvalue weighted by Gasteiger charge is -2.39. The van der Waals surface area contributed by atoms with Crippen LogP contribution < -0.4 is 20.4 Å². The Labute approximate surface area is 241 Å². The first-order chi connectivity index (χ1) is 19.7. The van der Waals surface area contributed by atoms with E-state index in [-0.39, 0.29) is 4.90 Å². The molecule has 1 fully saturated rings. The molecular weight excluding hydrogens is 538 g/mol. The van der Waals surface area contributed by atoms with E-state index >= 15 is 0 Å². The lowest BCUT2D eigenvalue weighted by molar-refractivity contribution is 0.148. The zero-order valence-electron chi connectivity index (χ0n) is 24.1. The van der Waals surface area contributed by atoms with Gasteiger partial charge in [-0.05, 0) is 57.3 Å². The highest BCUT2D eigenvalue weighted by Gasteiger charge is 2.23. The fraction of sp³-hybridized carbons (Fsp3) is 0.333. The number of piperazine rings is 1. The third kappa shape index (κ3) is 6.07. The van der Waals surface area contributed by atoms with Crippen LogP contribution in [0.1, 0.15) is 13.8 Å². The van der Waals surface area contributed by atoms with E-state index in [1.54, 1.807) is 45.2 Å². The van der Waals surface area contributed by atoms with E-state index in [9.17, 15) is 8.42 Å². The summed E-state index contributed by atoms with van der Waals surface area (Å²) >= 11 is 0. The number of hydrogen-bond donors (Lipinski definition) is 2. The molecule has 4 aromatic rings. The molecule has 0 radical (unpaired) electrons. The topological polar surface area (TPSA) is 103 Å². The fourth-order valence-corrected chi connectivity index (χ4v) is 5.99. The van der Waals surface area contributed by atoms with E-state index < -0.39 is 15.1 Å². The van der Waals surface area contributed by atoms with Crippen LogP contribution in [-0.2, 0) is 9.84 Å². The number of nitrogens with one attached hydrogen (secondary N) is 2. The third-order valence-corrected chi connectivity index (χ3v) is 9.59. The number of rotatable bonds is 9. The van der Waals surface area contributed by atoms with Crippen LogP contribution in [0, 0.1) is 0 Å². The largest absolute Gasteiger partial charge is 0.494 e. The number of methoxy groups -OCH3 is 1. The minimum atomic E-state index is -3.52. The van der Waals surface area contributed by atoms with Gasteiger partial charge in [0.25, 0.3) is 0 Å². The maximum atomic E-state index is 13.1. The lowest BCUT2D eigenvalue weighted by atomic mass is 10.2. The van der Waals surface area contributed by atoms with Crippen LogP contribution in [0.15, 0.2) is 71.6 Å². The van der Waals surface area contributed by atoms with Crippen molar-refractivity contribution in [1.82, 2.24) is 19.9 Å². The molecule has 1 saturated heterocycles. The van der Waals surface area contributed by atoms with Crippen LogP contribution in [0.5, 0.6) is 5.75 Å². The third-order valence-electron chi connectivity index (χ3n) is 7.38. The molecule has 5 rings (SSSR count). The molecule has 10 nitrogen and oxygen atoms in total. The summed E-state index contributed by atoms with van der Waals surface area (Å²) in [5.41, 5.74) is 2.90. The van der Waals surface area contributed by atoms with Gasteiger partial charge in [0.15, 0.2) is 9.84 Å². The molecule has 0 unspecified atom stereocenters. The maximum absolute atomic E-state index is 13.1. The number of fused-ring (bicyclic) bond motifs is 1. The molecule has 3 aromatic carbocycles. The SMILES string of the molecule is COc1cc(N(C)N2CCN(C)CC2)ccc1Nc1nc(Nc2ccccc2S(=O)(=O)C(C)C)c2ccccc2n1. The first kappa shape index (κ1) is 28.6. The highest BCUT2D eigenvalue weighted by Crippen LogP contribution is 2.34. The smallest absolute Gasteiger partial charge is 0.229 e. The molecule has 2 N–H and O–H groups in total. The van der Waals surface area contributed by atoms with Gasteiger partial charge in [-0.3, -0.25) is 0 Å². The molecule has 1 aromatic heterocycles. The normalized spacial score (nSPS) is 14.8. The van der Waals surface area contributed by atoms with Crippen molar-refractivity contribution in [3.8, 4) is 5.75 Å². The molecule has 0 saturated carbocycles. The Morgan fingerprint density at radius 2 is 1.61 bits per heavy atom. The Morgan fingerprint density at radius 1 is 0.902 bits per heavy atom. The van der Waals surface area contributed by atoms with Gasteiger partial charge in [0.1, 0.15) is 11.6 Å². The molecule has 0 amide bonds. The zero-order valence-corrected chi connectivity index (χ0v) is 24.9. The first-order valence-corrected chi connectivity index (χ1v) is 15.2. The minimum Gasteiger partial charge on any atom is -0.494 e. The zero-order chi connectivity index (χ0) is 29.1. The average molecular weight is 576 g/mol. The molecule has 0 spiro atoms. The lowest BCUT2D eigenvalue weighted by Crippen LogP contribution is -2.51. The van der Waals surface area contributed by atoms with Crippen molar-refractivity contribution in [2.45, 2.75) is 24.0 Å². The molecule has 11 heteroatoms. The van der Waals surface area contributed by atoms with E-state index in [4.69, 9.17) is 14.7 Å². The van der Waals surface area contributed by atoms with Crippen molar-refractivity contribution in [2.75, 3.05) is 63.0 Å². The van der Waals surface area contributed by atoms with Crippen molar-refractivity contribution in [3.05, 3.63) is 66.7 Å². The van der Waals surface area contributed by atoms with Gasteiger partial charge in [0.2, 0.25) is 5.95 Å². The van der Waals surface area contributed by atoms with Crippen molar-refractivity contribution in [2.24, 2.45) is 0 Å². The van der Waals surface area contributed by atoms with Gasteiger partial charge in [-0.2, -0.15) is 4.98 Å². The second-order valence-electron chi connectivity index (χ2n) is 10.4. The second kappa shape index (κ2) is 11.9. The van der Waals surface area contributed by atoms with E-state index in [1.807, 2.05) is 42.5 Å². The van der Waals surface area contributed by atoms with Crippen LogP contribution in [-0.4, -0.2) is 80.9 Å². The summed E-state index contributed by atoms with van der Waals surface area (Å²) in [6, 6.07) is 20.5. The number of hydrogen-bond acceptors (Lipinski definition) is 10. The first-order valence-electron chi connectivity index (χ1n) is 13.7. The van der Waals surface area contributed by atoms with Gasteiger partial charge in [-0.15, -0.1) is 0 Å². The molecule has 1 aliphatic rings. The Balaban J connectivity index is 1.47. The van der Waals surface area contributed by atoms with Crippen molar-refractivity contribution in [3.63, 3.8) is 0 Å². The predicted octanol–water partition coefficient (Wildman–Crippen LogP) is 4.91. The maximum Gasteiger partial charge on any atom is 0.229 e. The van der Waals surface area contributed by atoms with Crippen molar-refractivity contribution in [1.29, 1.82) is 0 Å². The van der Waals surface area contributed by atoms with Gasteiger partial charge in [0.05, 0.1) is 39.8 Å². The minimum absolute atomic E-state index is 0.230. The number of likely N-dealkylation sites (N-methyl/N-ethyl adjacent to an activating group) is 1. The molecule has 0 aliphatic carbocycles. The number of para-hydroxylation sites is 2. The van der Waals surface area contributed by atoms with Gasteiger partial charge >= 0.3 is 0 Å². The molecule has 0 atom stereocenters. The van der Waals surface area contributed by atoms with E-state index in [0.29, 0.717) is 34.4 Å². The fourth-order valence-electron chi connectivity index (χ4n) is 4.79. The van der Waals surface area contributed by atoms with E-state index in [1.165, 1.54) is 0 Å². The van der Waals surface area contributed by atoms with Gasteiger partial charge < -0.3 is 25.3 Å². The summed E-state index contributed by atoms with van der Waals surface area (Å²) in [6.45, 7) is 7.30. The molecule has 216 valence electrons. The molecule has 2 heterocycles. The number of benzene rings is 3. The van der Waals surface area contributed by atoms with Crippen molar-refractivity contribution >= 4 is 49.6 Å². The average Bonchev–Trinajstić information content (AvgIpc) is 2.97. The number of nitrogens with zero attached hydrogens (tertiary/aromatic N) is 5. The standard InChI is InChI=1S/C30H37N7O3S/c1-21(2)41(38,39)28-13-9-8-12-26(28)31-29-23-10-6-7-11-24(23)32-30(34-29)33-25-15-14-22(20-27(25)40-5)36(4)37-18-16-35(3)17-19-37/h6-15,20-21H,16-19H2,1-5H3,(H2,31,32,33,34). The summed E-state index contributed by atoms with van der Waals surface area (Å²) in [4.78, 5) is 12.0. The highest BCUT2D eigenvalue weighted by atomic mass is 32.2. The Kier molecular flexibility index (Phi) is 8.30. The number of sulfone groups is 1. The summed E-state index contributed by atoms with van der Waals surface area (Å²) in [6.07, 6.45) is 0. The Bertz CT molecular complexity index is 1640. The predicted molar refractivity (Wildman–Crippen MR) is 165 cm³/mol. The van der Waals surface area contributed by atoms with Crippen LogP contribution in [0.4, 0.5) is 28.8 Å². The molecular formula is C30H37N7O3S. The number of aromatic nitrogens is 2. The Morgan fingerprint density at radius 3 is 2.34 bits per heavy atom. The summed E-state index contributed by atoms with van der Waals surface area (Å²) in [5.74, 6) is 1.51. The van der Waals surface area contributed by atoms with Crippen LogP contribution >= 0.6 is 0 Å². The van der Waals surface area contributed by atoms with Crippen LogP contribution in [0.3, 0.4) is 0 Å².